The number of carboxylic acids is 1. The normalized spacial score (nSPS) is 53.7. The number of aliphatic carboxylic acids is 1. The van der Waals surface area contributed by atoms with Crippen LogP contribution in [0.1, 0.15) is 59.3 Å². The summed E-state index contributed by atoms with van der Waals surface area (Å²) in [5.74, 6) is 2.59. The Hall–Kier alpha value is -0.530. The molecule has 3 saturated carbocycles. The smallest absolute Gasteiger partial charge is 0.303 e. The third-order valence-electron chi connectivity index (χ3n) is 7.32. The Morgan fingerprint density at radius 3 is 2.67 bits per heavy atom. The van der Waals surface area contributed by atoms with Gasteiger partial charge in [-0.05, 0) is 66.6 Å². The maximum atomic E-state index is 10.9. The van der Waals surface area contributed by atoms with Crippen molar-refractivity contribution in [3.63, 3.8) is 0 Å². The van der Waals surface area contributed by atoms with Gasteiger partial charge in [0, 0.05) is 6.42 Å². The Labute approximate surface area is 110 Å². The second-order valence-corrected chi connectivity index (χ2v) is 7.61. The van der Waals surface area contributed by atoms with Gasteiger partial charge in [-0.25, -0.2) is 0 Å². The highest BCUT2D eigenvalue weighted by Crippen LogP contribution is 2.74. The molecule has 1 spiro atoms. The van der Waals surface area contributed by atoms with E-state index in [0.29, 0.717) is 17.8 Å². The van der Waals surface area contributed by atoms with Gasteiger partial charge in [0.2, 0.25) is 0 Å². The van der Waals surface area contributed by atoms with Gasteiger partial charge in [-0.3, -0.25) is 4.79 Å². The first-order valence-corrected chi connectivity index (χ1v) is 7.62. The Morgan fingerprint density at radius 2 is 2.06 bits per heavy atom. The van der Waals surface area contributed by atoms with Gasteiger partial charge in [0.15, 0.2) is 0 Å². The van der Waals surface area contributed by atoms with Crippen molar-refractivity contribution in [2.75, 3.05) is 0 Å². The molecule has 3 aliphatic carbocycles. The maximum absolute atomic E-state index is 10.9. The number of hydrogen-bond donors (Lipinski definition) is 1. The molecule has 0 heterocycles. The average molecular weight is 250 g/mol. The van der Waals surface area contributed by atoms with E-state index in [9.17, 15) is 4.79 Å². The Bertz CT molecular complexity index is 377. The molecule has 2 nitrogen and oxygen atoms in total. The van der Waals surface area contributed by atoms with Gasteiger partial charge in [-0.2, -0.15) is 0 Å². The number of carboxylic acid groups (broad SMARTS) is 1. The molecule has 0 aliphatic heterocycles. The molecule has 18 heavy (non-hydrogen) atoms. The monoisotopic (exact) mass is 250 g/mol. The number of rotatable bonds is 3. The van der Waals surface area contributed by atoms with Crippen LogP contribution in [0, 0.1) is 34.5 Å². The number of hydrogen-bond acceptors (Lipinski definition) is 1. The lowest BCUT2D eigenvalue weighted by molar-refractivity contribution is -0.138. The van der Waals surface area contributed by atoms with E-state index in [2.05, 4.69) is 20.8 Å². The van der Waals surface area contributed by atoms with Crippen molar-refractivity contribution in [3.8, 4) is 0 Å². The van der Waals surface area contributed by atoms with E-state index in [1.165, 1.54) is 25.7 Å². The first-order chi connectivity index (χ1) is 8.40. The van der Waals surface area contributed by atoms with Gasteiger partial charge in [0.25, 0.3) is 0 Å². The molecular weight excluding hydrogens is 224 g/mol. The van der Waals surface area contributed by atoms with Gasteiger partial charge >= 0.3 is 5.97 Å². The summed E-state index contributed by atoms with van der Waals surface area (Å²) in [6.45, 7) is 7.21. The van der Waals surface area contributed by atoms with Crippen LogP contribution in [0.4, 0.5) is 0 Å². The second-order valence-electron chi connectivity index (χ2n) is 7.61. The summed E-state index contributed by atoms with van der Waals surface area (Å²) in [7, 11) is 0. The van der Waals surface area contributed by atoms with Crippen LogP contribution in [0.2, 0.25) is 0 Å². The minimum absolute atomic E-state index is 0.271. The second kappa shape index (κ2) is 3.74. The quantitative estimate of drug-likeness (QED) is 0.823. The third-order valence-corrected chi connectivity index (χ3v) is 7.32. The van der Waals surface area contributed by atoms with E-state index >= 15 is 0 Å². The fourth-order valence-electron chi connectivity index (χ4n) is 6.12. The molecule has 3 fully saturated rings. The van der Waals surface area contributed by atoms with Crippen molar-refractivity contribution in [2.45, 2.75) is 59.3 Å². The summed E-state index contributed by atoms with van der Waals surface area (Å²) in [5, 5.41) is 9.01. The van der Waals surface area contributed by atoms with E-state index in [1.807, 2.05) is 0 Å². The lowest BCUT2D eigenvalue weighted by Crippen LogP contribution is -2.32. The van der Waals surface area contributed by atoms with E-state index in [-0.39, 0.29) is 5.41 Å². The predicted molar refractivity (Wildman–Crippen MR) is 71.2 cm³/mol. The average Bonchev–Trinajstić information content (AvgIpc) is 2.96. The molecule has 0 aromatic carbocycles. The topological polar surface area (TPSA) is 37.3 Å². The van der Waals surface area contributed by atoms with Crippen LogP contribution in [0.5, 0.6) is 0 Å². The van der Waals surface area contributed by atoms with Gasteiger partial charge in [-0.15, -0.1) is 0 Å². The van der Waals surface area contributed by atoms with E-state index in [1.54, 1.807) is 0 Å². The fraction of sp³-hybridized carbons (Fsp3) is 0.938. The summed E-state index contributed by atoms with van der Waals surface area (Å²) in [6.07, 6.45) is 6.90. The van der Waals surface area contributed by atoms with E-state index < -0.39 is 5.97 Å². The molecule has 0 aromatic heterocycles. The third kappa shape index (κ3) is 1.38. The van der Waals surface area contributed by atoms with E-state index in [4.69, 9.17) is 5.11 Å². The predicted octanol–water partition coefficient (Wildman–Crippen LogP) is 3.95. The molecule has 6 unspecified atom stereocenters. The van der Waals surface area contributed by atoms with E-state index in [0.717, 1.165) is 24.2 Å². The SMILES string of the molecule is CC1C(C)C23CCC(CC2C1(C)CCC(=O)O)C3. The van der Waals surface area contributed by atoms with Crippen molar-refractivity contribution in [2.24, 2.45) is 34.5 Å². The van der Waals surface area contributed by atoms with Crippen LogP contribution < -0.4 is 0 Å². The van der Waals surface area contributed by atoms with Crippen molar-refractivity contribution < 1.29 is 9.90 Å². The Kier molecular flexibility index (Phi) is 2.60. The van der Waals surface area contributed by atoms with Crippen molar-refractivity contribution in [1.82, 2.24) is 0 Å². The zero-order chi connectivity index (χ0) is 13.1. The molecule has 1 N–H and O–H groups in total. The molecule has 2 heteroatoms. The number of carbonyl (C=O) groups is 1. The molecule has 102 valence electrons. The van der Waals surface area contributed by atoms with Crippen molar-refractivity contribution in [3.05, 3.63) is 0 Å². The fourth-order valence-corrected chi connectivity index (χ4v) is 6.12. The van der Waals surface area contributed by atoms with Crippen LogP contribution in [0.25, 0.3) is 0 Å². The lowest BCUT2D eigenvalue weighted by Gasteiger charge is -2.39. The molecule has 6 atom stereocenters. The van der Waals surface area contributed by atoms with Crippen molar-refractivity contribution in [1.29, 1.82) is 0 Å². The molecule has 0 aromatic rings. The van der Waals surface area contributed by atoms with Gasteiger partial charge in [-0.1, -0.05) is 20.8 Å². The highest BCUT2D eigenvalue weighted by atomic mass is 16.4. The molecule has 3 aliphatic rings. The number of fused-ring (bicyclic) bond motifs is 1. The minimum atomic E-state index is -0.625. The van der Waals surface area contributed by atoms with Crippen LogP contribution in [0.3, 0.4) is 0 Å². The molecular formula is C16H26O2. The molecule has 0 amide bonds. The van der Waals surface area contributed by atoms with Crippen molar-refractivity contribution >= 4 is 5.97 Å². The first kappa shape index (κ1) is 12.5. The van der Waals surface area contributed by atoms with Gasteiger partial charge < -0.3 is 5.11 Å². The van der Waals surface area contributed by atoms with Gasteiger partial charge in [0.05, 0.1) is 0 Å². The molecule has 2 bridgehead atoms. The summed E-state index contributed by atoms with van der Waals surface area (Å²) >= 11 is 0. The summed E-state index contributed by atoms with van der Waals surface area (Å²) in [4.78, 5) is 10.9. The maximum Gasteiger partial charge on any atom is 0.303 e. The van der Waals surface area contributed by atoms with Crippen LogP contribution >= 0.6 is 0 Å². The van der Waals surface area contributed by atoms with Gasteiger partial charge in [0.1, 0.15) is 0 Å². The minimum Gasteiger partial charge on any atom is -0.481 e. The summed E-state index contributed by atoms with van der Waals surface area (Å²) in [6, 6.07) is 0. The Balaban J connectivity index is 1.89. The Morgan fingerprint density at radius 1 is 1.33 bits per heavy atom. The molecule has 0 saturated heterocycles. The zero-order valence-electron chi connectivity index (χ0n) is 11.9. The molecule has 3 rings (SSSR count). The highest BCUT2D eigenvalue weighted by Gasteiger charge is 2.67. The highest BCUT2D eigenvalue weighted by molar-refractivity contribution is 5.66. The zero-order valence-corrected chi connectivity index (χ0v) is 11.9. The summed E-state index contributed by atoms with van der Waals surface area (Å²) < 4.78 is 0. The molecule has 0 radical (unpaired) electrons. The first-order valence-electron chi connectivity index (χ1n) is 7.62. The largest absolute Gasteiger partial charge is 0.481 e. The lowest BCUT2D eigenvalue weighted by atomic mass is 9.65. The van der Waals surface area contributed by atoms with Crippen LogP contribution in [0.15, 0.2) is 0 Å². The standard InChI is InChI=1S/C16H26O2/c1-10-11(2)16-7-4-12(9-16)8-13(16)15(10,3)6-5-14(17)18/h10-13H,4-9H2,1-3H3,(H,17,18). The summed E-state index contributed by atoms with van der Waals surface area (Å²) in [5.41, 5.74) is 0.852. The van der Waals surface area contributed by atoms with Crippen LogP contribution in [-0.2, 0) is 4.79 Å². The van der Waals surface area contributed by atoms with Crippen LogP contribution in [-0.4, -0.2) is 11.1 Å².